The van der Waals surface area contributed by atoms with Gasteiger partial charge in [0.2, 0.25) is 0 Å². The maximum atomic E-state index is 4.49. The molecule has 114 valence electrons. The van der Waals surface area contributed by atoms with Crippen molar-refractivity contribution >= 4 is 0 Å². The topological polar surface area (TPSA) is 17.8 Å². The predicted octanol–water partition coefficient (Wildman–Crippen LogP) is 5.07. The fourth-order valence-corrected chi connectivity index (χ4v) is 2.73. The van der Waals surface area contributed by atoms with Crippen molar-refractivity contribution < 1.29 is 0 Å². The van der Waals surface area contributed by atoms with Crippen molar-refractivity contribution in [1.82, 2.24) is 9.55 Å². The van der Waals surface area contributed by atoms with Crippen LogP contribution in [0.15, 0.2) is 30.6 Å². The van der Waals surface area contributed by atoms with Crippen LogP contribution in [-0.2, 0) is 17.9 Å². The molecule has 21 heavy (non-hydrogen) atoms. The molecule has 0 atom stereocenters. The van der Waals surface area contributed by atoms with Crippen molar-refractivity contribution in [3.8, 4) is 11.4 Å². The maximum absolute atomic E-state index is 4.49. The third kappa shape index (κ3) is 3.04. The standard InChI is InChI=1S/C19H28N2/c1-8-19(5,6)16-13-14(17-20-11-12-21(17)7)9-10-15(16)18(2,3)4/h9-13H,8H2,1-7H3. The summed E-state index contributed by atoms with van der Waals surface area (Å²) in [5.41, 5.74) is 4.41. The van der Waals surface area contributed by atoms with E-state index in [0.29, 0.717) is 0 Å². The third-order valence-electron chi connectivity index (χ3n) is 4.52. The van der Waals surface area contributed by atoms with Crippen molar-refractivity contribution in [3.63, 3.8) is 0 Å². The highest BCUT2D eigenvalue weighted by atomic mass is 15.0. The summed E-state index contributed by atoms with van der Waals surface area (Å²) in [5.74, 6) is 1.03. The number of rotatable bonds is 3. The smallest absolute Gasteiger partial charge is 0.139 e. The molecule has 0 aliphatic heterocycles. The van der Waals surface area contributed by atoms with Crippen LogP contribution in [0.1, 0.15) is 59.1 Å². The summed E-state index contributed by atoms with van der Waals surface area (Å²) in [6.07, 6.45) is 4.98. The van der Waals surface area contributed by atoms with Gasteiger partial charge in [-0.05, 0) is 34.4 Å². The molecule has 2 aromatic rings. The molecule has 1 heterocycles. The summed E-state index contributed by atoms with van der Waals surface area (Å²) < 4.78 is 2.08. The Kier molecular flexibility index (Phi) is 4.01. The quantitative estimate of drug-likeness (QED) is 0.769. The second kappa shape index (κ2) is 5.32. The van der Waals surface area contributed by atoms with E-state index in [9.17, 15) is 0 Å². The molecular formula is C19H28N2. The van der Waals surface area contributed by atoms with Gasteiger partial charge in [0.15, 0.2) is 0 Å². The number of aryl methyl sites for hydroxylation is 1. The van der Waals surface area contributed by atoms with Crippen LogP contribution in [0.2, 0.25) is 0 Å². The molecule has 1 aromatic carbocycles. The highest BCUT2D eigenvalue weighted by molar-refractivity contribution is 5.60. The molecule has 0 N–H and O–H groups in total. The van der Waals surface area contributed by atoms with Gasteiger partial charge < -0.3 is 4.57 Å². The number of aromatic nitrogens is 2. The van der Waals surface area contributed by atoms with Crippen LogP contribution in [0, 0.1) is 0 Å². The van der Waals surface area contributed by atoms with Gasteiger partial charge in [-0.3, -0.25) is 0 Å². The van der Waals surface area contributed by atoms with E-state index in [1.54, 1.807) is 0 Å². The van der Waals surface area contributed by atoms with Gasteiger partial charge in [0, 0.05) is 25.0 Å². The van der Waals surface area contributed by atoms with Gasteiger partial charge in [-0.15, -0.1) is 0 Å². The minimum atomic E-state index is 0.155. The van der Waals surface area contributed by atoms with Crippen molar-refractivity contribution in [2.75, 3.05) is 0 Å². The molecule has 0 aliphatic rings. The molecule has 0 aliphatic carbocycles. The van der Waals surface area contributed by atoms with Crippen LogP contribution in [-0.4, -0.2) is 9.55 Å². The van der Waals surface area contributed by atoms with E-state index in [0.717, 1.165) is 12.2 Å². The van der Waals surface area contributed by atoms with Gasteiger partial charge in [0.05, 0.1) is 0 Å². The van der Waals surface area contributed by atoms with E-state index >= 15 is 0 Å². The summed E-state index contributed by atoms with van der Waals surface area (Å²) in [6, 6.07) is 6.83. The van der Waals surface area contributed by atoms with E-state index in [2.05, 4.69) is 69.3 Å². The molecule has 0 fully saturated rings. The van der Waals surface area contributed by atoms with Crippen molar-refractivity contribution in [1.29, 1.82) is 0 Å². The Balaban J connectivity index is 2.66. The first-order valence-electron chi connectivity index (χ1n) is 7.79. The van der Waals surface area contributed by atoms with Gasteiger partial charge in [0.1, 0.15) is 5.82 Å². The van der Waals surface area contributed by atoms with Crippen LogP contribution in [0.25, 0.3) is 11.4 Å². The largest absolute Gasteiger partial charge is 0.334 e. The molecule has 0 spiro atoms. The summed E-state index contributed by atoms with van der Waals surface area (Å²) >= 11 is 0. The van der Waals surface area contributed by atoms with Crippen LogP contribution in [0.5, 0.6) is 0 Å². The molecule has 0 saturated heterocycles. The number of nitrogens with zero attached hydrogens (tertiary/aromatic N) is 2. The van der Waals surface area contributed by atoms with E-state index < -0.39 is 0 Å². The predicted molar refractivity (Wildman–Crippen MR) is 90.7 cm³/mol. The van der Waals surface area contributed by atoms with Crippen molar-refractivity contribution in [3.05, 3.63) is 41.7 Å². The van der Waals surface area contributed by atoms with Crippen LogP contribution >= 0.6 is 0 Å². The Morgan fingerprint density at radius 3 is 2.19 bits per heavy atom. The van der Waals surface area contributed by atoms with Gasteiger partial charge in [-0.2, -0.15) is 0 Å². The highest BCUT2D eigenvalue weighted by Gasteiger charge is 2.27. The van der Waals surface area contributed by atoms with E-state index in [1.165, 1.54) is 16.7 Å². The molecule has 2 nitrogen and oxygen atoms in total. The minimum absolute atomic E-state index is 0.155. The molecule has 0 amide bonds. The first kappa shape index (κ1) is 15.8. The first-order valence-corrected chi connectivity index (χ1v) is 7.79. The fraction of sp³-hybridized carbons (Fsp3) is 0.526. The molecule has 0 unspecified atom stereocenters. The zero-order valence-corrected chi connectivity index (χ0v) is 14.5. The Morgan fingerprint density at radius 1 is 1.05 bits per heavy atom. The fourth-order valence-electron chi connectivity index (χ4n) is 2.73. The molecule has 1 aromatic heterocycles. The van der Waals surface area contributed by atoms with E-state index in [-0.39, 0.29) is 10.8 Å². The normalized spacial score (nSPS) is 12.7. The van der Waals surface area contributed by atoms with E-state index in [1.807, 2.05) is 19.4 Å². The minimum Gasteiger partial charge on any atom is -0.334 e. The monoisotopic (exact) mass is 284 g/mol. The van der Waals surface area contributed by atoms with Gasteiger partial charge in [-0.25, -0.2) is 4.98 Å². The second-order valence-corrected chi connectivity index (χ2v) is 7.61. The average Bonchev–Trinajstić information content (AvgIpc) is 2.83. The highest BCUT2D eigenvalue weighted by Crippen LogP contribution is 2.38. The van der Waals surface area contributed by atoms with E-state index in [4.69, 9.17) is 0 Å². The Labute approximate surface area is 129 Å². The number of hydrogen-bond donors (Lipinski definition) is 0. The lowest BCUT2D eigenvalue weighted by Gasteiger charge is -2.32. The zero-order valence-electron chi connectivity index (χ0n) is 14.5. The summed E-state index contributed by atoms with van der Waals surface area (Å²) in [6.45, 7) is 13.8. The lowest BCUT2D eigenvalue weighted by molar-refractivity contribution is 0.479. The second-order valence-electron chi connectivity index (χ2n) is 7.61. The SMILES string of the molecule is CCC(C)(C)c1cc(-c2nccn2C)ccc1C(C)(C)C. The number of benzene rings is 1. The van der Waals surface area contributed by atoms with Gasteiger partial charge >= 0.3 is 0 Å². The molecule has 2 heteroatoms. The third-order valence-corrected chi connectivity index (χ3v) is 4.52. The lowest BCUT2D eigenvalue weighted by Crippen LogP contribution is -2.24. The first-order chi connectivity index (χ1) is 9.66. The maximum Gasteiger partial charge on any atom is 0.139 e. The zero-order chi connectivity index (χ0) is 15.8. The lowest BCUT2D eigenvalue weighted by atomic mass is 9.72. The van der Waals surface area contributed by atoms with Crippen LogP contribution in [0.4, 0.5) is 0 Å². The van der Waals surface area contributed by atoms with Crippen LogP contribution < -0.4 is 0 Å². The van der Waals surface area contributed by atoms with Gasteiger partial charge in [0.25, 0.3) is 0 Å². The molecule has 0 saturated carbocycles. The Morgan fingerprint density at radius 2 is 1.71 bits per heavy atom. The molecule has 2 rings (SSSR count). The molecular weight excluding hydrogens is 256 g/mol. The molecule has 0 radical (unpaired) electrons. The summed E-state index contributed by atoms with van der Waals surface area (Å²) in [7, 11) is 2.05. The molecule has 0 bridgehead atoms. The number of hydrogen-bond acceptors (Lipinski definition) is 1. The average molecular weight is 284 g/mol. The Hall–Kier alpha value is -1.57. The van der Waals surface area contributed by atoms with Gasteiger partial charge in [-0.1, -0.05) is 53.7 Å². The van der Waals surface area contributed by atoms with Crippen LogP contribution in [0.3, 0.4) is 0 Å². The summed E-state index contributed by atoms with van der Waals surface area (Å²) in [4.78, 5) is 4.49. The number of imidazole rings is 1. The Bertz CT molecular complexity index is 627. The summed E-state index contributed by atoms with van der Waals surface area (Å²) in [5, 5.41) is 0. The van der Waals surface area contributed by atoms with Crippen molar-refractivity contribution in [2.45, 2.75) is 58.8 Å². The van der Waals surface area contributed by atoms with Crippen molar-refractivity contribution in [2.24, 2.45) is 7.05 Å².